The van der Waals surface area contributed by atoms with E-state index in [9.17, 15) is 18.0 Å². The number of carbonyl (C=O) groups is 2. The Morgan fingerprint density at radius 3 is 2.44 bits per heavy atom. The number of likely N-dealkylation sites (N-methyl/N-ethyl adjacent to an activating group) is 1. The molecule has 0 aliphatic carbocycles. The number of hydrogen-bond acceptors (Lipinski definition) is 4. The average Bonchev–Trinajstić information content (AvgIpc) is 3.08. The van der Waals surface area contributed by atoms with Crippen LogP contribution in [0.5, 0.6) is 0 Å². The number of nitrogens with zero attached hydrogens (tertiary/aromatic N) is 2. The van der Waals surface area contributed by atoms with E-state index in [0.29, 0.717) is 24.3 Å². The van der Waals surface area contributed by atoms with Gasteiger partial charge in [-0.15, -0.1) is 0 Å². The Hall–Kier alpha value is -2.71. The smallest absolute Gasteiger partial charge is 0.243 e. The van der Waals surface area contributed by atoms with Gasteiger partial charge in [-0.3, -0.25) is 9.59 Å². The fraction of sp³-hybridized carbons (Fsp3) is 0.263. The van der Waals surface area contributed by atoms with Crippen LogP contribution in [-0.4, -0.2) is 44.7 Å². The molecule has 27 heavy (non-hydrogen) atoms. The number of benzene rings is 2. The fourth-order valence-electron chi connectivity index (χ4n) is 2.97. The van der Waals surface area contributed by atoms with Gasteiger partial charge in [0.2, 0.25) is 21.8 Å². The maximum atomic E-state index is 12.5. The van der Waals surface area contributed by atoms with Gasteiger partial charge < -0.3 is 10.2 Å². The Bertz CT molecular complexity index is 944. The van der Waals surface area contributed by atoms with E-state index in [4.69, 9.17) is 0 Å². The zero-order chi connectivity index (χ0) is 19.4. The maximum Gasteiger partial charge on any atom is 0.243 e. The molecule has 0 unspecified atom stereocenters. The van der Waals surface area contributed by atoms with Crippen LogP contribution in [0.2, 0.25) is 0 Å². The minimum atomic E-state index is -3.75. The molecular formula is C19H21N3O4S. The molecule has 0 atom stereocenters. The standard InChI is InChI=1S/C19H21N3O4S/c1-21(27(25,26)15-8-3-2-4-9-15)14-18(23)20-16-10-5-6-11-17(16)22-13-7-12-19(22)24/h2-6,8-11H,7,12-14H2,1H3,(H,20,23). The Balaban J connectivity index is 1.72. The van der Waals surface area contributed by atoms with E-state index in [1.165, 1.54) is 19.2 Å². The maximum absolute atomic E-state index is 12.5. The molecule has 7 nitrogen and oxygen atoms in total. The lowest BCUT2D eigenvalue weighted by atomic mass is 10.2. The number of nitrogens with one attached hydrogen (secondary N) is 1. The van der Waals surface area contributed by atoms with Crippen molar-refractivity contribution in [1.82, 2.24) is 4.31 Å². The van der Waals surface area contributed by atoms with Gasteiger partial charge in [-0.05, 0) is 30.7 Å². The third-order valence-corrected chi connectivity index (χ3v) is 6.18. The summed E-state index contributed by atoms with van der Waals surface area (Å²) < 4.78 is 26.1. The molecule has 1 aliphatic heterocycles. The first-order valence-corrected chi connectivity index (χ1v) is 10.0. The van der Waals surface area contributed by atoms with E-state index in [-0.39, 0.29) is 17.3 Å². The number of hydrogen-bond donors (Lipinski definition) is 1. The molecule has 2 aromatic carbocycles. The van der Waals surface area contributed by atoms with Crippen molar-refractivity contribution in [3.63, 3.8) is 0 Å². The molecule has 0 saturated carbocycles. The summed E-state index contributed by atoms with van der Waals surface area (Å²) in [7, 11) is -2.39. The van der Waals surface area contributed by atoms with Crippen LogP contribution in [0.15, 0.2) is 59.5 Å². The lowest BCUT2D eigenvalue weighted by Gasteiger charge is -2.21. The summed E-state index contributed by atoms with van der Waals surface area (Å²) in [6.07, 6.45) is 1.26. The highest BCUT2D eigenvalue weighted by Gasteiger charge is 2.26. The molecule has 8 heteroatoms. The van der Waals surface area contributed by atoms with Gasteiger partial charge in [0.05, 0.1) is 22.8 Å². The molecule has 1 aliphatic rings. The van der Waals surface area contributed by atoms with E-state index in [2.05, 4.69) is 5.32 Å². The number of rotatable bonds is 6. The second kappa shape index (κ2) is 7.89. The number of para-hydroxylation sites is 2. The van der Waals surface area contributed by atoms with Crippen LogP contribution in [0.1, 0.15) is 12.8 Å². The largest absolute Gasteiger partial charge is 0.323 e. The molecular weight excluding hydrogens is 366 g/mol. The highest BCUT2D eigenvalue weighted by atomic mass is 32.2. The summed E-state index contributed by atoms with van der Waals surface area (Å²) in [5, 5.41) is 2.72. The predicted molar refractivity (Wildman–Crippen MR) is 103 cm³/mol. The summed E-state index contributed by atoms with van der Waals surface area (Å²) >= 11 is 0. The first kappa shape index (κ1) is 19.1. The van der Waals surface area contributed by atoms with Crippen molar-refractivity contribution >= 4 is 33.2 Å². The van der Waals surface area contributed by atoms with E-state index < -0.39 is 15.9 Å². The molecule has 1 N–H and O–H groups in total. The lowest BCUT2D eigenvalue weighted by Crippen LogP contribution is -2.35. The van der Waals surface area contributed by atoms with Crippen LogP contribution >= 0.6 is 0 Å². The summed E-state index contributed by atoms with van der Waals surface area (Å²) in [5.74, 6) is -0.462. The van der Waals surface area contributed by atoms with Gasteiger partial charge >= 0.3 is 0 Å². The van der Waals surface area contributed by atoms with E-state index in [0.717, 1.165) is 10.7 Å². The zero-order valence-corrected chi connectivity index (χ0v) is 15.8. The first-order valence-electron chi connectivity index (χ1n) is 8.60. The number of anilines is 2. The van der Waals surface area contributed by atoms with Crippen molar-refractivity contribution in [2.75, 3.05) is 30.4 Å². The number of amides is 2. The molecule has 0 aromatic heterocycles. The number of carbonyl (C=O) groups excluding carboxylic acids is 2. The Morgan fingerprint density at radius 2 is 1.78 bits per heavy atom. The normalized spacial score (nSPS) is 14.6. The highest BCUT2D eigenvalue weighted by molar-refractivity contribution is 7.89. The summed E-state index contributed by atoms with van der Waals surface area (Å²) in [6.45, 7) is 0.271. The van der Waals surface area contributed by atoms with Gasteiger partial charge in [-0.1, -0.05) is 30.3 Å². The van der Waals surface area contributed by atoms with Gasteiger partial charge in [0.15, 0.2) is 0 Å². The second-order valence-corrected chi connectivity index (χ2v) is 8.33. The van der Waals surface area contributed by atoms with Crippen LogP contribution < -0.4 is 10.2 Å². The van der Waals surface area contributed by atoms with E-state index >= 15 is 0 Å². The highest BCUT2D eigenvalue weighted by Crippen LogP contribution is 2.29. The molecule has 142 valence electrons. The predicted octanol–water partition coefficient (Wildman–Crippen LogP) is 2.07. The Kier molecular flexibility index (Phi) is 5.57. The minimum absolute atomic E-state index is 0.0143. The van der Waals surface area contributed by atoms with Crippen molar-refractivity contribution in [3.05, 3.63) is 54.6 Å². The van der Waals surface area contributed by atoms with Crippen LogP contribution in [0.4, 0.5) is 11.4 Å². The van der Waals surface area contributed by atoms with Crippen molar-refractivity contribution in [2.24, 2.45) is 0 Å². The van der Waals surface area contributed by atoms with Gasteiger partial charge in [0.1, 0.15) is 0 Å². The zero-order valence-electron chi connectivity index (χ0n) is 15.0. The van der Waals surface area contributed by atoms with Crippen molar-refractivity contribution < 1.29 is 18.0 Å². The molecule has 0 spiro atoms. The topological polar surface area (TPSA) is 86.8 Å². The molecule has 0 bridgehead atoms. The molecule has 1 fully saturated rings. The van der Waals surface area contributed by atoms with Crippen molar-refractivity contribution in [3.8, 4) is 0 Å². The van der Waals surface area contributed by atoms with Gasteiger partial charge in [0, 0.05) is 20.0 Å². The van der Waals surface area contributed by atoms with Crippen LogP contribution in [-0.2, 0) is 19.6 Å². The quantitative estimate of drug-likeness (QED) is 0.822. The second-order valence-electron chi connectivity index (χ2n) is 6.29. The minimum Gasteiger partial charge on any atom is -0.323 e. The van der Waals surface area contributed by atoms with E-state index in [1.807, 2.05) is 0 Å². The molecule has 2 aromatic rings. The van der Waals surface area contributed by atoms with Gasteiger partial charge in [0.25, 0.3) is 0 Å². The fourth-order valence-corrected chi connectivity index (χ4v) is 4.12. The number of sulfonamides is 1. The Labute approximate surface area is 158 Å². The average molecular weight is 387 g/mol. The van der Waals surface area contributed by atoms with Gasteiger partial charge in [-0.2, -0.15) is 4.31 Å². The third kappa shape index (κ3) is 4.17. The summed E-state index contributed by atoms with van der Waals surface area (Å²) in [5.41, 5.74) is 1.12. The van der Waals surface area contributed by atoms with E-state index in [1.54, 1.807) is 47.4 Å². The van der Waals surface area contributed by atoms with Crippen LogP contribution in [0, 0.1) is 0 Å². The van der Waals surface area contributed by atoms with Gasteiger partial charge in [-0.25, -0.2) is 8.42 Å². The molecule has 1 heterocycles. The molecule has 0 radical (unpaired) electrons. The molecule has 2 amide bonds. The molecule has 3 rings (SSSR count). The first-order chi connectivity index (χ1) is 12.9. The Morgan fingerprint density at radius 1 is 1.11 bits per heavy atom. The SMILES string of the molecule is CN(CC(=O)Nc1ccccc1N1CCCC1=O)S(=O)(=O)c1ccccc1. The van der Waals surface area contributed by atoms with Crippen molar-refractivity contribution in [2.45, 2.75) is 17.7 Å². The van der Waals surface area contributed by atoms with Crippen LogP contribution in [0.25, 0.3) is 0 Å². The monoisotopic (exact) mass is 387 g/mol. The lowest BCUT2D eigenvalue weighted by molar-refractivity contribution is -0.117. The summed E-state index contributed by atoms with van der Waals surface area (Å²) in [4.78, 5) is 26.2. The third-order valence-electron chi connectivity index (χ3n) is 4.36. The summed E-state index contributed by atoms with van der Waals surface area (Å²) in [6, 6.07) is 15.0. The van der Waals surface area contributed by atoms with Crippen LogP contribution in [0.3, 0.4) is 0 Å². The molecule has 1 saturated heterocycles. The van der Waals surface area contributed by atoms with Crippen molar-refractivity contribution in [1.29, 1.82) is 0 Å².